The van der Waals surface area contributed by atoms with Crippen molar-refractivity contribution in [1.82, 2.24) is 14.2 Å². The Morgan fingerprint density at radius 1 is 1.12 bits per heavy atom. The maximum atomic E-state index is 13.3. The number of nitrogens with zero attached hydrogens (tertiary/aromatic N) is 2. The number of hydrogen-bond donors (Lipinski definition) is 1. The van der Waals surface area contributed by atoms with Gasteiger partial charge in [-0.05, 0) is 37.0 Å². The Kier molecular flexibility index (Phi) is 5.31. The lowest BCUT2D eigenvalue weighted by atomic mass is 10.0. The zero-order chi connectivity index (χ0) is 22.5. The van der Waals surface area contributed by atoms with E-state index in [0.29, 0.717) is 37.3 Å². The summed E-state index contributed by atoms with van der Waals surface area (Å²) in [5.41, 5.74) is 2.19. The fourth-order valence-electron chi connectivity index (χ4n) is 4.45. The number of fused-ring (bicyclic) bond motifs is 2. The number of amides is 1. The Labute approximate surface area is 189 Å². The minimum Gasteiger partial charge on any atom is -0.465 e. The molecule has 1 N–H and O–H groups in total. The highest BCUT2D eigenvalue weighted by molar-refractivity contribution is 7.91. The zero-order valence-corrected chi connectivity index (χ0v) is 19.2. The van der Waals surface area contributed by atoms with Crippen molar-refractivity contribution in [3.63, 3.8) is 0 Å². The van der Waals surface area contributed by atoms with Gasteiger partial charge in [-0.1, -0.05) is 18.2 Å². The standard InChI is InChI=1S/C22H23N3O5S2/c1-30-21(27)19-15-8-11-24(20(26)17-12-14-6-2-3-7-16(14)23-17)13-18(15)31-22(19)32(28,29)25-9-4-5-10-25/h2-3,6-7,12,23H,4-5,8-11,13H2,1H3. The van der Waals surface area contributed by atoms with E-state index < -0.39 is 16.0 Å². The molecule has 2 aromatic heterocycles. The molecule has 1 aromatic carbocycles. The second kappa shape index (κ2) is 8.02. The summed E-state index contributed by atoms with van der Waals surface area (Å²) in [4.78, 5) is 31.3. The van der Waals surface area contributed by atoms with Gasteiger partial charge in [0.15, 0.2) is 0 Å². The topological polar surface area (TPSA) is 99.8 Å². The van der Waals surface area contributed by atoms with Crippen molar-refractivity contribution >= 4 is 44.1 Å². The molecule has 0 aliphatic carbocycles. The number of carbonyl (C=O) groups is 2. The number of aromatic amines is 1. The second-order valence-electron chi connectivity index (χ2n) is 8.02. The molecule has 0 unspecified atom stereocenters. The Morgan fingerprint density at radius 2 is 1.88 bits per heavy atom. The van der Waals surface area contributed by atoms with Gasteiger partial charge in [0.2, 0.25) is 0 Å². The van der Waals surface area contributed by atoms with Crippen molar-refractivity contribution < 1.29 is 22.7 Å². The number of hydrogen-bond acceptors (Lipinski definition) is 6. The lowest BCUT2D eigenvalue weighted by Crippen LogP contribution is -2.36. The van der Waals surface area contributed by atoms with Crippen molar-refractivity contribution in [2.24, 2.45) is 0 Å². The summed E-state index contributed by atoms with van der Waals surface area (Å²) in [5, 5.41) is 0.955. The van der Waals surface area contributed by atoms with E-state index in [1.54, 1.807) is 4.90 Å². The van der Waals surface area contributed by atoms with Gasteiger partial charge in [-0.15, -0.1) is 11.3 Å². The van der Waals surface area contributed by atoms with Gasteiger partial charge < -0.3 is 14.6 Å². The average molecular weight is 474 g/mol. The van der Waals surface area contributed by atoms with Gasteiger partial charge in [-0.25, -0.2) is 13.2 Å². The average Bonchev–Trinajstić information content (AvgIpc) is 3.55. The number of benzene rings is 1. The van der Waals surface area contributed by atoms with E-state index in [9.17, 15) is 18.0 Å². The molecule has 0 saturated carbocycles. The maximum absolute atomic E-state index is 13.3. The monoisotopic (exact) mass is 473 g/mol. The Balaban J connectivity index is 1.49. The van der Waals surface area contributed by atoms with Gasteiger partial charge in [-0.3, -0.25) is 4.79 Å². The molecular formula is C22H23N3O5S2. The molecule has 2 aliphatic rings. The van der Waals surface area contributed by atoms with Crippen molar-refractivity contribution in [2.75, 3.05) is 26.7 Å². The molecule has 1 fully saturated rings. The number of aromatic nitrogens is 1. The summed E-state index contributed by atoms with van der Waals surface area (Å²) in [6, 6.07) is 9.50. The van der Waals surface area contributed by atoms with Gasteiger partial charge in [0, 0.05) is 35.4 Å². The molecule has 168 valence electrons. The number of carbonyl (C=O) groups excluding carboxylic acids is 2. The van der Waals surface area contributed by atoms with Crippen LogP contribution < -0.4 is 0 Å². The number of rotatable bonds is 4. The first kappa shape index (κ1) is 21.2. The first-order valence-electron chi connectivity index (χ1n) is 10.5. The minimum absolute atomic E-state index is 0.0381. The molecule has 10 heteroatoms. The second-order valence-corrected chi connectivity index (χ2v) is 11.3. The fraction of sp³-hybridized carbons (Fsp3) is 0.364. The summed E-state index contributed by atoms with van der Waals surface area (Å²) in [6.07, 6.45) is 2.02. The quantitative estimate of drug-likeness (QED) is 0.587. The number of esters is 1. The molecule has 1 saturated heterocycles. The fourth-order valence-corrected chi connectivity index (χ4v) is 8.00. The molecule has 4 heterocycles. The van der Waals surface area contributed by atoms with E-state index in [0.717, 1.165) is 40.0 Å². The van der Waals surface area contributed by atoms with E-state index in [1.165, 1.54) is 11.4 Å². The predicted octanol–water partition coefficient (Wildman–Crippen LogP) is 3.00. The van der Waals surface area contributed by atoms with Crippen molar-refractivity contribution in [2.45, 2.75) is 30.0 Å². The van der Waals surface area contributed by atoms with Gasteiger partial charge in [0.1, 0.15) is 9.90 Å². The molecule has 8 nitrogen and oxygen atoms in total. The van der Waals surface area contributed by atoms with Crippen LogP contribution in [0.3, 0.4) is 0 Å². The highest BCUT2D eigenvalue weighted by atomic mass is 32.2. The van der Waals surface area contributed by atoms with Crippen LogP contribution in [-0.4, -0.2) is 61.2 Å². The van der Waals surface area contributed by atoms with Crippen molar-refractivity contribution in [3.05, 3.63) is 52.0 Å². The Morgan fingerprint density at radius 3 is 2.59 bits per heavy atom. The minimum atomic E-state index is -3.78. The van der Waals surface area contributed by atoms with Crippen LogP contribution in [0.2, 0.25) is 0 Å². The highest BCUT2D eigenvalue weighted by Crippen LogP contribution is 2.39. The predicted molar refractivity (Wildman–Crippen MR) is 120 cm³/mol. The molecule has 3 aromatic rings. The summed E-state index contributed by atoms with van der Waals surface area (Å²) < 4.78 is 33.0. The summed E-state index contributed by atoms with van der Waals surface area (Å²) in [7, 11) is -2.53. The molecule has 0 spiro atoms. The Hall–Kier alpha value is -2.69. The Bertz CT molecular complexity index is 1290. The number of nitrogens with one attached hydrogen (secondary N) is 1. The molecule has 5 rings (SSSR count). The maximum Gasteiger partial charge on any atom is 0.340 e. The van der Waals surface area contributed by atoms with E-state index in [4.69, 9.17) is 4.74 Å². The van der Waals surface area contributed by atoms with Crippen LogP contribution in [0.15, 0.2) is 34.5 Å². The van der Waals surface area contributed by atoms with Gasteiger partial charge in [-0.2, -0.15) is 4.31 Å². The smallest absolute Gasteiger partial charge is 0.340 e. The van der Waals surface area contributed by atoms with Crippen LogP contribution in [0.4, 0.5) is 0 Å². The number of methoxy groups -OCH3 is 1. The molecule has 2 aliphatic heterocycles. The number of H-pyrrole nitrogens is 1. The van der Waals surface area contributed by atoms with Gasteiger partial charge >= 0.3 is 5.97 Å². The summed E-state index contributed by atoms with van der Waals surface area (Å²) >= 11 is 1.09. The lowest BCUT2D eigenvalue weighted by Gasteiger charge is -2.26. The van der Waals surface area contributed by atoms with E-state index >= 15 is 0 Å². The molecule has 0 radical (unpaired) electrons. The number of para-hydroxylation sites is 1. The van der Waals surface area contributed by atoms with Crippen LogP contribution in [0, 0.1) is 0 Å². The first-order chi connectivity index (χ1) is 15.4. The van der Waals surface area contributed by atoms with Crippen LogP contribution in [-0.2, 0) is 27.7 Å². The number of sulfonamides is 1. The van der Waals surface area contributed by atoms with Crippen LogP contribution in [0.1, 0.15) is 44.1 Å². The third kappa shape index (κ3) is 3.42. The van der Waals surface area contributed by atoms with Crippen molar-refractivity contribution in [3.8, 4) is 0 Å². The van der Waals surface area contributed by atoms with E-state index in [1.807, 2.05) is 30.3 Å². The van der Waals surface area contributed by atoms with Gasteiger partial charge in [0.25, 0.3) is 15.9 Å². The largest absolute Gasteiger partial charge is 0.465 e. The van der Waals surface area contributed by atoms with Crippen molar-refractivity contribution in [1.29, 1.82) is 0 Å². The van der Waals surface area contributed by atoms with Gasteiger partial charge in [0.05, 0.1) is 19.2 Å². The number of thiophene rings is 1. The summed E-state index contributed by atoms with van der Waals surface area (Å²) in [6.45, 7) is 1.56. The van der Waals surface area contributed by atoms with Crippen LogP contribution >= 0.6 is 11.3 Å². The van der Waals surface area contributed by atoms with Crippen LogP contribution in [0.5, 0.6) is 0 Å². The number of ether oxygens (including phenoxy) is 1. The zero-order valence-electron chi connectivity index (χ0n) is 17.6. The normalized spacial score (nSPS) is 17.0. The summed E-state index contributed by atoms with van der Waals surface area (Å²) in [5.74, 6) is -0.792. The molecular weight excluding hydrogens is 450 g/mol. The van der Waals surface area contributed by atoms with E-state index in [2.05, 4.69) is 4.98 Å². The molecule has 0 bridgehead atoms. The third-order valence-corrected chi connectivity index (χ3v) is 9.71. The SMILES string of the molecule is COC(=O)c1c(S(=O)(=O)N2CCCC2)sc2c1CCN(C(=O)c1cc3ccccc3[nH]1)C2. The highest BCUT2D eigenvalue weighted by Gasteiger charge is 2.38. The lowest BCUT2D eigenvalue weighted by molar-refractivity contribution is 0.0595. The molecule has 32 heavy (non-hydrogen) atoms. The van der Waals surface area contributed by atoms with Crippen LogP contribution in [0.25, 0.3) is 10.9 Å². The van der Waals surface area contributed by atoms with E-state index in [-0.39, 0.29) is 22.2 Å². The molecule has 1 amide bonds. The molecule has 0 atom stereocenters. The first-order valence-corrected chi connectivity index (χ1v) is 12.8. The third-order valence-electron chi connectivity index (χ3n) is 6.10.